The van der Waals surface area contributed by atoms with Crippen molar-refractivity contribution in [1.82, 2.24) is 14.9 Å². The Kier molecular flexibility index (Phi) is 5.05. The average molecular weight is 366 g/mol. The van der Waals surface area contributed by atoms with E-state index in [4.69, 9.17) is 17.4 Å². The van der Waals surface area contributed by atoms with Gasteiger partial charge in [0, 0.05) is 0 Å². The van der Waals surface area contributed by atoms with Crippen molar-refractivity contribution in [2.75, 3.05) is 11.2 Å². The monoisotopic (exact) mass is 365 g/mol. The second kappa shape index (κ2) is 6.67. The summed E-state index contributed by atoms with van der Waals surface area (Å²) in [6, 6.07) is 2.70. The molecule has 1 aromatic carbocycles. The molecule has 23 heavy (non-hydrogen) atoms. The fourth-order valence-corrected chi connectivity index (χ4v) is 2.47. The van der Waals surface area contributed by atoms with Gasteiger partial charge in [-0.2, -0.15) is 13.2 Å². The molecule has 1 atom stereocenters. The van der Waals surface area contributed by atoms with Crippen molar-refractivity contribution in [3.05, 3.63) is 35.1 Å². The zero-order valence-electron chi connectivity index (χ0n) is 11.6. The Labute approximate surface area is 138 Å². The van der Waals surface area contributed by atoms with Gasteiger partial charge in [0.25, 0.3) is 0 Å². The zero-order valence-corrected chi connectivity index (χ0v) is 13.2. The quantitative estimate of drug-likeness (QED) is 0.642. The van der Waals surface area contributed by atoms with E-state index in [1.165, 1.54) is 6.33 Å². The van der Waals surface area contributed by atoms with Gasteiger partial charge in [-0.05, 0) is 25.1 Å². The maximum Gasteiger partial charge on any atom is 0.416 e. The van der Waals surface area contributed by atoms with Crippen LogP contribution in [0, 0.1) is 0 Å². The van der Waals surface area contributed by atoms with Crippen molar-refractivity contribution in [2.24, 2.45) is 0 Å². The summed E-state index contributed by atoms with van der Waals surface area (Å²) in [5.41, 5.74) is -1.02. The molecule has 0 saturated heterocycles. The minimum absolute atomic E-state index is 0.00513. The van der Waals surface area contributed by atoms with Crippen molar-refractivity contribution in [1.29, 1.82) is 0 Å². The average Bonchev–Trinajstić information content (AvgIpc) is 2.85. The zero-order chi connectivity index (χ0) is 17.2. The van der Waals surface area contributed by atoms with Gasteiger partial charge >= 0.3 is 6.18 Å². The van der Waals surface area contributed by atoms with E-state index < -0.39 is 22.9 Å². The van der Waals surface area contributed by atoms with Crippen LogP contribution in [0.4, 0.5) is 18.9 Å². The number of nitrogens with zero attached hydrogens (tertiary/aromatic N) is 3. The van der Waals surface area contributed by atoms with Gasteiger partial charge in [0.05, 0.1) is 21.5 Å². The van der Waals surface area contributed by atoms with E-state index in [0.29, 0.717) is 5.16 Å². The third-order valence-electron chi connectivity index (χ3n) is 2.74. The third-order valence-corrected chi connectivity index (χ3v) is 4.14. The SMILES string of the molecule is C[C@H](Sc1nncn1N)C(=O)Nc1cc(C(F)(F)F)ccc1Cl. The molecule has 0 fully saturated rings. The second-order valence-corrected chi connectivity index (χ2v) is 6.18. The highest BCUT2D eigenvalue weighted by Crippen LogP contribution is 2.34. The van der Waals surface area contributed by atoms with Gasteiger partial charge in [0.1, 0.15) is 6.33 Å². The fraction of sp³-hybridized carbons (Fsp3) is 0.250. The summed E-state index contributed by atoms with van der Waals surface area (Å²) in [5, 5.41) is 9.26. The van der Waals surface area contributed by atoms with E-state index in [-0.39, 0.29) is 10.7 Å². The molecular weight excluding hydrogens is 355 g/mol. The second-order valence-electron chi connectivity index (χ2n) is 4.46. The topological polar surface area (TPSA) is 85.8 Å². The fourth-order valence-electron chi connectivity index (χ4n) is 1.56. The third kappa shape index (κ3) is 4.29. The molecule has 6 nitrogen and oxygen atoms in total. The lowest BCUT2D eigenvalue weighted by Gasteiger charge is -2.14. The Morgan fingerprint density at radius 3 is 2.74 bits per heavy atom. The van der Waals surface area contributed by atoms with E-state index >= 15 is 0 Å². The number of hydrogen-bond acceptors (Lipinski definition) is 5. The molecule has 0 radical (unpaired) electrons. The Morgan fingerprint density at radius 1 is 1.48 bits per heavy atom. The van der Waals surface area contributed by atoms with Crippen molar-refractivity contribution in [2.45, 2.75) is 23.5 Å². The van der Waals surface area contributed by atoms with Gasteiger partial charge in [0.15, 0.2) is 0 Å². The lowest BCUT2D eigenvalue weighted by Crippen LogP contribution is -2.24. The van der Waals surface area contributed by atoms with Crippen LogP contribution in [0.3, 0.4) is 0 Å². The molecule has 11 heteroatoms. The standard InChI is InChI=1S/C12H11ClF3N5OS/c1-6(23-11-20-18-5-21(11)17)10(22)19-9-4-7(12(14,15)16)2-3-8(9)13/h2-6H,17H2,1H3,(H,19,22)/t6-/m0/s1. The van der Waals surface area contributed by atoms with Crippen LogP contribution in [0.2, 0.25) is 5.02 Å². The van der Waals surface area contributed by atoms with E-state index in [0.717, 1.165) is 34.6 Å². The summed E-state index contributed by atoms with van der Waals surface area (Å²) in [5.74, 6) is 4.98. The smallest absolute Gasteiger partial charge is 0.336 e. The molecule has 0 spiro atoms. The van der Waals surface area contributed by atoms with E-state index in [2.05, 4.69) is 15.5 Å². The number of anilines is 1. The molecule has 124 valence electrons. The van der Waals surface area contributed by atoms with Crippen LogP contribution < -0.4 is 11.2 Å². The number of amides is 1. The molecule has 1 amide bonds. The number of carbonyl (C=O) groups is 1. The number of rotatable bonds is 4. The summed E-state index contributed by atoms with van der Waals surface area (Å²) in [4.78, 5) is 12.1. The predicted molar refractivity (Wildman–Crippen MR) is 80.6 cm³/mol. The summed E-state index contributed by atoms with van der Waals surface area (Å²) in [7, 11) is 0. The Balaban J connectivity index is 2.12. The number of alkyl halides is 3. The normalized spacial score (nSPS) is 12.9. The molecule has 1 aromatic heterocycles. The van der Waals surface area contributed by atoms with Crippen LogP contribution in [0.25, 0.3) is 0 Å². The number of benzene rings is 1. The Hall–Kier alpha value is -1.94. The predicted octanol–water partition coefficient (Wildman–Crippen LogP) is 2.78. The first-order valence-electron chi connectivity index (χ1n) is 6.18. The van der Waals surface area contributed by atoms with Gasteiger partial charge in [-0.15, -0.1) is 10.2 Å². The first kappa shape index (κ1) is 17.4. The molecular formula is C12H11ClF3N5OS. The van der Waals surface area contributed by atoms with Crippen LogP contribution in [0.1, 0.15) is 12.5 Å². The summed E-state index contributed by atoms with van der Waals surface area (Å²) >= 11 is 6.83. The molecule has 1 heterocycles. The number of nitrogens with two attached hydrogens (primary N) is 1. The maximum absolute atomic E-state index is 12.7. The molecule has 0 aliphatic heterocycles. The van der Waals surface area contributed by atoms with Gasteiger partial charge in [-0.3, -0.25) is 4.79 Å². The highest BCUT2D eigenvalue weighted by Gasteiger charge is 2.31. The van der Waals surface area contributed by atoms with Crippen LogP contribution in [0.5, 0.6) is 0 Å². The number of hydrogen-bond donors (Lipinski definition) is 2. The summed E-state index contributed by atoms with van der Waals surface area (Å²) < 4.78 is 39.2. The Morgan fingerprint density at radius 2 is 2.17 bits per heavy atom. The number of nitrogens with one attached hydrogen (secondary N) is 1. The molecule has 0 aliphatic rings. The van der Waals surface area contributed by atoms with Crippen molar-refractivity contribution in [3.63, 3.8) is 0 Å². The number of carbonyl (C=O) groups excluding carboxylic acids is 1. The number of thioether (sulfide) groups is 1. The first-order chi connectivity index (χ1) is 10.7. The number of aromatic nitrogens is 3. The molecule has 0 aliphatic carbocycles. The van der Waals surface area contributed by atoms with Gasteiger partial charge < -0.3 is 11.2 Å². The maximum atomic E-state index is 12.7. The van der Waals surface area contributed by atoms with Crippen LogP contribution >= 0.6 is 23.4 Å². The van der Waals surface area contributed by atoms with E-state index in [1.54, 1.807) is 6.92 Å². The van der Waals surface area contributed by atoms with Crippen LogP contribution in [-0.2, 0) is 11.0 Å². The van der Waals surface area contributed by atoms with Gasteiger partial charge in [-0.1, -0.05) is 23.4 Å². The number of halogens is 4. The van der Waals surface area contributed by atoms with Gasteiger partial charge in [0.2, 0.25) is 11.1 Å². The molecule has 0 saturated carbocycles. The molecule has 2 aromatic rings. The van der Waals surface area contributed by atoms with E-state index in [9.17, 15) is 18.0 Å². The summed E-state index contributed by atoms with van der Waals surface area (Å²) in [6.45, 7) is 1.55. The summed E-state index contributed by atoms with van der Waals surface area (Å²) in [6.07, 6.45) is -3.27. The molecule has 3 N–H and O–H groups in total. The largest absolute Gasteiger partial charge is 0.416 e. The van der Waals surface area contributed by atoms with E-state index in [1.807, 2.05) is 0 Å². The van der Waals surface area contributed by atoms with Crippen LogP contribution in [0.15, 0.2) is 29.7 Å². The minimum atomic E-state index is -4.53. The van der Waals surface area contributed by atoms with Gasteiger partial charge in [-0.25, -0.2) is 4.68 Å². The number of nitrogen functional groups attached to an aromatic ring is 1. The Bertz CT molecular complexity index is 721. The van der Waals surface area contributed by atoms with Crippen molar-refractivity contribution >= 4 is 35.0 Å². The van der Waals surface area contributed by atoms with Crippen molar-refractivity contribution in [3.8, 4) is 0 Å². The van der Waals surface area contributed by atoms with Crippen molar-refractivity contribution < 1.29 is 18.0 Å². The lowest BCUT2D eigenvalue weighted by atomic mass is 10.2. The lowest BCUT2D eigenvalue weighted by molar-refractivity contribution is -0.137. The highest BCUT2D eigenvalue weighted by atomic mass is 35.5. The molecule has 0 unspecified atom stereocenters. The minimum Gasteiger partial charge on any atom is -0.336 e. The first-order valence-corrected chi connectivity index (χ1v) is 7.43. The van der Waals surface area contributed by atoms with Crippen LogP contribution in [-0.4, -0.2) is 26.0 Å². The molecule has 0 bridgehead atoms. The highest BCUT2D eigenvalue weighted by molar-refractivity contribution is 8.00. The molecule has 2 rings (SSSR count).